The number of hydrogen-bond donors (Lipinski definition) is 2. The molecule has 1 atom stereocenters. The molecule has 2 N–H and O–H groups in total. The lowest BCUT2D eigenvalue weighted by Gasteiger charge is -2.21. The number of aliphatic hydroxyl groups is 1. The Labute approximate surface area is 107 Å². The van der Waals surface area contributed by atoms with Gasteiger partial charge in [-0.3, -0.25) is 4.79 Å². The lowest BCUT2D eigenvalue weighted by molar-refractivity contribution is -0.129. The molecule has 4 nitrogen and oxygen atoms in total. The molecule has 0 spiro atoms. The van der Waals surface area contributed by atoms with Gasteiger partial charge >= 0.3 is 0 Å². The number of nitrogens with one attached hydrogen (secondary N) is 1. The van der Waals surface area contributed by atoms with E-state index >= 15 is 0 Å². The average Bonchev–Trinajstić information content (AvgIpc) is 2.46. The van der Waals surface area contributed by atoms with Gasteiger partial charge in [0.1, 0.15) is 0 Å². The average molecular weight is 249 g/mol. The minimum absolute atomic E-state index is 0.00141. The maximum atomic E-state index is 11.9. The number of aliphatic hydroxyl groups excluding tert-OH is 1. The molecule has 0 radical (unpaired) electrons. The van der Waals surface area contributed by atoms with Gasteiger partial charge in [-0.15, -0.1) is 0 Å². The summed E-state index contributed by atoms with van der Waals surface area (Å²) in [5.41, 5.74) is 1.82. The van der Waals surface area contributed by atoms with Crippen molar-refractivity contribution in [2.45, 2.75) is 26.0 Å². The van der Waals surface area contributed by atoms with E-state index in [2.05, 4.69) is 5.32 Å². The standard InChI is InChI=1S/C14H19NO3/c16-9-12-5-2-1-4-11(12)8-15-14(17)13-6-3-7-18-10-13/h1-2,4-5,13,16H,3,6-10H2,(H,15,17). The first-order chi connectivity index (χ1) is 8.81. The van der Waals surface area contributed by atoms with E-state index in [4.69, 9.17) is 4.74 Å². The Morgan fingerprint density at radius 3 is 2.83 bits per heavy atom. The van der Waals surface area contributed by atoms with Crippen molar-refractivity contribution in [3.05, 3.63) is 35.4 Å². The van der Waals surface area contributed by atoms with Gasteiger partial charge in [0.15, 0.2) is 0 Å². The molecular formula is C14H19NO3. The van der Waals surface area contributed by atoms with Crippen LogP contribution in [0.3, 0.4) is 0 Å². The molecule has 0 bridgehead atoms. The lowest BCUT2D eigenvalue weighted by atomic mass is 10.0. The molecule has 1 aromatic carbocycles. The van der Waals surface area contributed by atoms with Crippen molar-refractivity contribution in [1.82, 2.24) is 5.32 Å². The van der Waals surface area contributed by atoms with Crippen molar-refractivity contribution < 1.29 is 14.6 Å². The van der Waals surface area contributed by atoms with E-state index in [1.54, 1.807) is 0 Å². The monoisotopic (exact) mass is 249 g/mol. The van der Waals surface area contributed by atoms with Crippen LogP contribution in [0, 0.1) is 5.92 Å². The second kappa shape index (κ2) is 6.52. The van der Waals surface area contributed by atoms with Gasteiger partial charge in [0.2, 0.25) is 5.91 Å². The molecule has 1 unspecified atom stereocenters. The predicted octanol–water partition coefficient (Wildman–Crippen LogP) is 1.22. The zero-order valence-corrected chi connectivity index (χ0v) is 10.4. The van der Waals surface area contributed by atoms with Crippen LogP contribution in [0.5, 0.6) is 0 Å². The summed E-state index contributed by atoms with van der Waals surface area (Å²) in [6.07, 6.45) is 1.85. The van der Waals surface area contributed by atoms with Gasteiger partial charge in [-0.05, 0) is 24.0 Å². The number of rotatable bonds is 4. The quantitative estimate of drug-likeness (QED) is 0.843. The van der Waals surface area contributed by atoms with E-state index in [1.165, 1.54) is 0 Å². The molecule has 18 heavy (non-hydrogen) atoms. The molecule has 1 amide bonds. The largest absolute Gasteiger partial charge is 0.392 e. The van der Waals surface area contributed by atoms with Crippen LogP contribution in [0.25, 0.3) is 0 Å². The molecule has 0 aromatic heterocycles. The fourth-order valence-electron chi connectivity index (χ4n) is 2.16. The molecule has 1 aliphatic heterocycles. The van der Waals surface area contributed by atoms with Crippen molar-refractivity contribution >= 4 is 5.91 Å². The number of amides is 1. The van der Waals surface area contributed by atoms with Gasteiger partial charge in [-0.2, -0.15) is 0 Å². The van der Waals surface area contributed by atoms with Crippen LogP contribution < -0.4 is 5.32 Å². The highest BCUT2D eigenvalue weighted by Gasteiger charge is 2.21. The molecule has 1 aliphatic rings. The lowest BCUT2D eigenvalue weighted by Crippen LogP contribution is -2.35. The maximum Gasteiger partial charge on any atom is 0.225 e. The zero-order chi connectivity index (χ0) is 12.8. The van der Waals surface area contributed by atoms with Crippen molar-refractivity contribution in [3.8, 4) is 0 Å². The molecule has 1 fully saturated rings. The Morgan fingerprint density at radius 2 is 2.17 bits per heavy atom. The minimum atomic E-state index is -0.0277. The van der Waals surface area contributed by atoms with E-state index in [0.717, 1.165) is 30.6 Å². The van der Waals surface area contributed by atoms with Crippen molar-refractivity contribution in [2.24, 2.45) is 5.92 Å². The molecule has 1 heterocycles. The van der Waals surface area contributed by atoms with Gasteiger partial charge in [0.05, 0.1) is 19.1 Å². The van der Waals surface area contributed by atoms with Gasteiger partial charge in [0.25, 0.3) is 0 Å². The third kappa shape index (κ3) is 3.31. The van der Waals surface area contributed by atoms with Crippen LogP contribution >= 0.6 is 0 Å². The first-order valence-corrected chi connectivity index (χ1v) is 6.34. The Bertz CT molecular complexity index is 400. The first-order valence-electron chi connectivity index (χ1n) is 6.34. The summed E-state index contributed by atoms with van der Waals surface area (Å²) in [4.78, 5) is 11.9. The van der Waals surface area contributed by atoms with Crippen molar-refractivity contribution in [2.75, 3.05) is 13.2 Å². The Balaban J connectivity index is 1.88. The molecule has 1 saturated heterocycles. The number of benzene rings is 1. The van der Waals surface area contributed by atoms with Crippen molar-refractivity contribution in [1.29, 1.82) is 0 Å². The highest BCUT2D eigenvalue weighted by atomic mass is 16.5. The summed E-state index contributed by atoms with van der Waals surface area (Å²) in [7, 11) is 0. The van der Waals surface area contributed by atoms with Crippen molar-refractivity contribution in [3.63, 3.8) is 0 Å². The van der Waals surface area contributed by atoms with Gasteiger partial charge in [-0.1, -0.05) is 24.3 Å². The summed E-state index contributed by atoms with van der Waals surface area (Å²) < 4.78 is 5.30. The number of hydrogen-bond acceptors (Lipinski definition) is 3. The first kappa shape index (κ1) is 13.1. The van der Waals surface area contributed by atoms with E-state index in [0.29, 0.717) is 13.2 Å². The molecule has 0 saturated carbocycles. The number of carbonyl (C=O) groups excluding carboxylic acids is 1. The van der Waals surface area contributed by atoms with Crippen LogP contribution in [0.1, 0.15) is 24.0 Å². The summed E-state index contributed by atoms with van der Waals surface area (Å²) in [6.45, 7) is 1.75. The Kier molecular flexibility index (Phi) is 4.73. The minimum Gasteiger partial charge on any atom is -0.392 e. The van der Waals surface area contributed by atoms with Gasteiger partial charge in [-0.25, -0.2) is 0 Å². The molecule has 1 aromatic rings. The van der Waals surface area contributed by atoms with Crippen LogP contribution in [-0.4, -0.2) is 24.2 Å². The second-order valence-corrected chi connectivity index (χ2v) is 4.56. The topological polar surface area (TPSA) is 58.6 Å². The molecule has 2 rings (SSSR count). The van der Waals surface area contributed by atoms with E-state index in [9.17, 15) is 9.90 Å². The Morgan fingerprint density at radius 1 is 1.39 bits per heavy atom. The second-order valence-electron chi connectivity index (χ2n) is 4.56. The number of carbonyl (C=O) groups is 1. The summed E-state index contributed by atoms with van der Waals surface area (Å²) >= 11 is 0. The zero-order valence-electron chi connectivity index (χ0n) is 10.4. The van der Waals surface area contributed by atoms with E-state index in [1.807, 2.05) is 24.3 Å². The van der Waals surface area contributed by atoms with Gasteiger partial charge in [0, 0.05) is 13.2 Å². The van der Waals surface area contributed by atoms with E-state index in [-0.39, 0.29) is 18.4 Å². The molecule has 0 aliphatic carbocycles. The SMILES string of the molecule is O=C(NCc1ccccc1CO)C1CCCOC1. The van der Waals surface area contributed by atoms with Gasteiger partial charge < -0.3 is 15.2 Å². The summed E-state index contributed by atoms with van der Waals surface area (Å²) in [6, 6.07) is 7.57. The van der Waals surface area contributed by atoms with Crippen LogP contribution in [-0.2, 0) is 22.7 Å². The molecule has 98 valence electrons. The van der Waals surface area contributed by atoms with E-state index < -0.39 is 0 Å². The molecular weight excluding hydrogens is 230 g/mol. The molecule has 4 heteroatoms. The predicted molar refractivity (Wildman–Crippen MR) is 67.8 cm³/mol. The highest BCUT2D eigenvalue weighted by Crippen LogP contribution is 2.14. The van der Waals surface area contributed by atoms with Crippen LogP contribution in [0.15, 0.2) is 24.3 Å². The summed E-state index contributed by atoms with van der Waals surface area (Å²) in [5.74, 6) is 0.0162. The Hall–Kier alpha value is -1.39. The third-order valence-corrected chi connectivity index (χ3v) is 3.27. The maximum absolute atomic E-state index is 11.9. The highest BCUT2D eigenvalue weighted by molar-refractivity contribution is 5.78. The van der Waals surface area contributed by atoms with Crippen LogP contribution in [0.2, 0.25) is 0 Å². The number of ether oxygens (including phenoxy) is 1. The normalized spacial score (nSPS) is 19.5. The fraction of sp³-hybridized carbons (Fsp3) is 0.500. The van der Waals surface area contributed by atoms with Crippen LogP contribution in [0.4, 0.5) is 0 Å². The fourth-order valence-corrected chi connectivity index (χ4v) is 2.16. The summed E-state index contributed by atoms with van der Waals surface area (Å²) in [5, 5.41) is 12.1. The smallest absolute Gasteiger partial charge is 0.225 e. The third-order valence-electron chi connectivity index (χ3n) is 3.27.